The van der Waals surface area contributed by atoms with Crippen molar-refractivity contribution in [3.63, 3.8) is 0 Å². The van der Waals surface area contributed by atoms with Gasteiger partial charge in [-0.2, -0.15) is 0 Å². The molecule has 0 aliphatic heterocycles. The minimum absolute atomic E-state index is 0.0510. The van der Waals surface area contributed by atoms with Crippen molar-refractivity contribution in [2.45, 2.75) is 105 Å². The molecule has 4 aromatic rings. The lowest BCUT2D eigenvalue weighted by Gasteiger charge is -2.32. The van der Waals surface area contributed by atoms with E-state index in [4.69, 9.17) is 4.52 Å². The summed E-state index contributed by atoms with van der Waals surface area (Å²) in [7, 11) is 2.52. The van der Waals surface area contributed by atoms with Crippen molar-refractivity contribution in [3.8, 4) is 39.1 Å². The summed E-state index contributed by atoms with van der Waals surface area (Å²) in [6, 6.07) is 29.4. The molecule has 0 aliphatic carbocycles. The van der Waals surface area contributed by atoms with Crippen molar-refractivity contribution < 1.29 is 4.52 Å². The molecule has 0 aliphatic rings. The van der Waals surface area contributed by atoms with E-state index in [2.05, 4.69) is 171 Å². The SMILES string of the molecule is CC(C)(C)c1ccc(-c2c(OP)ccc(-c3ccccc3)c2-c2ccc(C(C)(C)C)cc2C(C)(C)C)c(C(C)(C)C)c1. The van der Waals surface area contributed by atoms with E-state index in [-0.39, 0.29) is 21.7 Å². The van der Waals surface area contributed by atoms with E-state index in [0.29, 0.717) is 0 Å². The summed E-state index contributed by atoms with van der Waals surface area (Å²) in [5.41, 5.74) is 12.6. The molecule has 0 amide bonds. The largest absolute Gasteiger partial charge is 0.480 e. The average molecular weight is 579 g/mol. The Morgan fingerprint density at radius 1 is 0.452 bits per heavy atom. The van der Waals surface area contributed by atoms with Gasteiger partial charge in [0.25, 0.3) is 0 Å². The van der Waals surface area contributed by atoms with Crippen LogP contribution in [0.2, 0.25) is 0 Å². The summed E-state index contributed by atoms with van der Waals surface area (Å²) in [6.07, 6.45) is 0. The summed E-state index contributed by atoms with van der Waals surface area (Å²) < 4.78 is 6.14. The molecule has 0 saturated heterocycles. The highest BCUT2D eigenvalue weighted by molar-refractivity contribution is 7.10. The van der Waals surface area contributed by atoms with Gasteiger partial charge in [0.1, 0.15) is 5.75 Å². The van der Waals surface area contributed by atoms with Crippen LogP contribution >= 0.6 is 9.47 Å². The van der Waals surface area contributed by atoms with Crippen LogP contribution in [0.5, 0.6) is 5.75 Å². The number of rotatable bonds is 4. The van der Waals surface area contributed by atoms with Crippen molar-refractivity contribution in [1.29, 1.82) is 0 Å². The summed E-state index contributed by atoms with van der Waals surface area (Å²) in [5.74, 6) is 0.864. The van der Waals surface area contributed by atoms with Crippen LogP contribution in [0.25, 0.3) is 33.4 Å². The fourth-order valence-corrected chi connectivity index (χ4v) is 5.98. The Hall–Kier alpha value is -2.89. The highest BCUT2D eigenvalue weighted by Crippen LogP contribution is 2.51. The third-order valence-corrected chi connectivity index (χ3v) is 8.56. The molecule has 222 valence electrons. The van der Waals surface area contributed by atoms with Gasteiger partial charge in [0.2, 0.25) is 0 Å². The molecule has 0 bridgehead atoms. The van der Waals surface area contributed by atoms with Crippen LogP contribution in [0.1, 0.15) is 105 Å². The standard InChI is InChI=1S/C40H51OP/c1-37(2,3)27-18-20-30(32(24-27)39(7,8)9)35-29(26-16-14-13-15-17-26)22-23-34(41-42)36(35)31-21-19-28(38(4,5)6)25-33(31)40(10,11)12/h13-25H,42H2,1-12H3. The molecule has 0 saturated carbocycles. The van der Waals surface area contributed by atoms with Gasteiger partial charge < -0.3 is 4.52 Å². The first-order valence-electron chi connectivity index (χ1n) is 15.2. The van der Waals surface area contributed by atoms with Gasteiger partial charge >= 0.3 is 0 Å². The zero-order chi connectivity index (χ0) is 31.3. The highest BCUT2D eigenvalue weighted by Gasteiger charge is 2.30. The fraction of sp³-hybridized carbons (Fsp3) is 0.400. The Morgan fingerprint density at radius 3 is 1.29 bits per heavy atom. The van der Waals surface area contributed by atoms with Crippen molar-refractivity contribution in [1.82, 2.24) is 0 Å². The van der Waals surface area contributed by atoms with Gasteiger partial charge in [-0.25, -0.2) is 0 Å². The second kappa shape index (κ2) is 11.3. The molecule has 1 nitrogen and oxygen atoms in total. The second-order valence-corrected chi connectivity index (χ2v) is 16.1. The van der Waals surface area contributed by atoms with Gasteiger partial charge in [0.05, 0.1) is 9.47 Å². The Balaban J connectivity index is 2.25. The molecule has 4 rings (SSSR count). The lowest BCUT2D eigenvalue weighted by atomic mass is 9.73. The minimum Gasteiger partial charge on any atom is -0.480 e. The van der Waals surface area contributed by atoms with E-state index < -0.39 is 0 Å². The third kappa shape index (κ3) is 6.53. The molecule has 42 heavy (non-hydrogen) atoms. The fourth-order valence-electron chi connectivity index (χ4n) is 5.79. The predicted octanol–water partition coefficient (Wildman–Crippen LogP) is 12.0. The number of hydrogen-bond acceptors (Lipinski definition) is 1. The maximum Gasteiger partial charge on any atom is 0.131 e. The van der Waals surface area contributed by atoms with Crippen LogP contribution in [-0.4, -0.2) is 0 Å². The summed E-state index contributed by atoms with van der Waals surface area (Å²) in [5, 5.41) is 0. The molecular formula is C40H51OP. The smallest absolute Gasteiger partial charge is 0.131 e. The van der Waals surface area contributed by atoms with Gasteiger partial charge in [-0.05, 0) is 72.2 Å². The van der Waals surface area contributed by atoms with Gasteiger partial charge in [0.15, 0.2) is 0 Å². The van der Waals surface area contributed by atoms with Crippen LogP contribution < -0.4 is 4.52 Å². The van der Waals surface area contributed by atoms with Crippen LogP contribution in [0.15, 0.2) is 78.9 Å². The molecule has 0 radical (unpaired) electrons. The quantitative estimate of drug-likeness (QED) is 0.219. The predicted molar refractivity (Wildman–Crippen MR) is 188 cm³/mol. The lowest BCUT2D eigenvalue weighted by Crippen LogP contribution is -2.18. The number of benzene rings is 4. The maximum absolute atomic E-state index is 6.14. The van der Waals surface area contributed by atoms with Gasteiger partial charge in [0, 0.05) is 11.1 Å². The molecule has 1 unspecified atom stereocenters. The average Bonchev–Trinajstić information content (AvgIpc) is 2.90. The van der Waals surface area contributed by atoms with Crippen molar-refractivity contribution in [2.75, 3.05) is 0 Å². The third-order valence-electron chi connectivity index (χ3n) is 8.30. The zero-order valence-electron chi connectivity index (χ0n) is 28.0. The Morgan fingerprint density at radius 2 is 0.881 bits per heavy atom. The monoisotopic (exact) mass is 578 g/mol. The van der Waals surface area contributed by atoms with E-state index in [1.807, 2.05) is 0 Å². The number of hydrogen-bond donors (Lipinski definition) is 0. The molecule has 0 heterocycles. The molecule has 0 aromatic heterocycles. The second-order valence-electron chi connectivity index (χ2n) is 15.9. The van der Waals surface area contributed by atoms with Crippen molar-refractivity contribution in [2.24, 2.45) is 0 Å². The molecule has 4 aromatic carbocycles. The lowest BCUT2D eigenvalue weighted by molar-refractivity contribution is 0.568. The van der Waals surface area contributed by atoms with E-state index in [1.54, 1.807) is 0 Å². The summed E-state index contributed by atoms with van der Waals surface area (Å²) in [6.45, 7) is 27.7. The van der Waals surface area contributed by atoms with Crippen LogP contribution in [-0.2, 0) is 21.7 Å². The van der Waals surface area contributed by atoms with Crippen molar-refractivity contribution >= 4 is 9.47 Å². The van der Waals surface area contributed by atoms with E-state index >= 15 is 0 Å². The van der Waals surface area contributed by atoms with Crippen molar-refractivity contribution in [3.05, 3.63) is 101 Å². The van der Waals surface area contributed by atoms with Gasteiger partial charge in [-0.15, -0.1) is 0 Å². The summed E-state index contributed by atoms with van der Waals surface area (Å²) in [4.78, 5) is 0. The molecule has 0 spiro atoms. The molecule has 0 N–H and O–H groups in total. The van der Waals surface area contributed by atoms with E-state index in [0.717, 1.165) is 11.3 Å². The Kier molecular flexibility index (Phi) is 8.63. The zero-order valence-corrected chi connectivity index (χ0v) is 29.1. The van der Waals surface area contributed by atoms with E-state index in [9.17, 15) is 0 Å². The van der Waals surface area contributed by atoms with Gasteiger partial charge in [-0.3, -0.25) is 0 Å². The molecule has 2 heteroatoms. The summed E-state index contributed by atoms with van der Waals surface area (Å²) >= 11 is 0. The normalized spacial score (nSPS) is 12.9. The molecule has 0 fully saturated rings. The molecular weight excluding hydrogens is 527 g/mol. The first-order chi connectivity index (χ1) is 19.3. The van der Waals surface area contributed by atoms with Gasteiger partial charge in [-0.1, -0.05) is 156 Å². The first-order valence-corrected chi connectivity index (χ1v) is 15.7. The topological polar surface area (TPSA) is 9.23 Å². The van der Waals surface area contributed by atoms with E-state index in [1.165, 1.54) is 50.1 Å². The highest BCUT2D eigenvalue weighted by atomic mass is 31.0. The Labute approximate surface area is 258 Å². The Bertz CT molecular complexity index is 1570. The first kappa shape index (κ1) is 32.0. The van der Waals surface area contributed by atoms with Crippen LogP contribution in [0.3, 0.4) is 0 Å². The minimum atomic E-state index is -0.0717. The van der Waals surface area contributed by atoms with Crippen LogP contribution in [0, 0.1) is 0 Å². The molecule has 1 atom stereocenters. The maximum atomic E-state index is 6.14. The van der Waals surface area contributed by atoms with Crippen LogP contribution in [0.4, 0.5) is 0 Å².